The molecule has 0 aliphatic carbocycles. The smallest absolute Gasteiger partial charge is 0.387 e. The number of aromatic amines is 1. The highest BCUT2D eigenvalue weighted by atomic mass is 31.3. The summed E-state index contributed by atoms with van der Waals surface area (Å²) in [4.78, 5) is 62.8. The number of aliphatic hydroxyl groups is 2. The molecule has 0 radical (unpaired) electrons. The quantitative estimate of drug-likeness (QED) is 0.182. The first-order valence-electron chi connectivity index (χ1n) is 9.70. The summed E-state index contributed by atoms with van der Waals surface area (Å²) in [6, 6.07) is 8.07. The first kappa shape index (κ1) is 28.8. The molecule has 36 heavy (non-hydrogen) atoms. The van der Waals surface area contributed by atoms with Crippen LogP contribution < -0.4 is 11.2 Å². The Balaban J connectivity index is 1.85. The van der Waals surface area contributed by atoms with Gasteiger partial charge in [0.2, 0.25) is 0 Å². The molecule has 1 aromatic carbocycles. The van der Waals surface area contributed by atoms with Crippen molar-refractivity contribution in [3.8, 4) is 11.3 Å². The van der Waals surface area contributed by atoms with Gasteiger partial charge in [0.15, 0.2) is 0 Å². The molecular weight excluding hydrogens is 553 g/mol. The van der Waals surface area contributed by atoms with E-state index in [1.165, 1.54) is 7.05 Å². The summed E-state index contributed by atoms with van der Waals surface area (Å²) in [6.07, 6.45) is -6.82. The lowest BCUT2D eigenvalue weighted by molar-refractivity contribution is -0.0226. The van der Waals surface area contributed by atoms with Gasteiger partial charge in [0.1, 0.15) is 24.4 Å². The van der Waals surface area contributed by atoms with Crippen LogP contribution in [0, 0.1) is 0 Å². The standard InChI is InChI=1S/C16H21N2O15P3/c1-18-11(8-5-3-2-4-6-8)10(15(21)17-16(18)22)14-13(20)12(19)9(31-14)7-30-35(26,27)33-36(28,29)32-34(23,24)25/h2-6,9,12-14,19-20H,7H2,1H3,(H,26,27)(H,28,29)(H,17,21,22)(H2,23,24,25)/t9-,12-,13-,14+/m1/s1. The Hall–Kier alpha value is -1.81. The Morgan fingerprint density at radius 1 is 0.972 bits per heavy atom. The molecule has 20 heteroatoms. The van der Waals surface area contributed by atoms with Crippen LogP contribution in [0.4, 0.5) is 0 Å². The van der Waals surface area contributed by atoms with E-state index in [2.05, 4.69) is 18.1 Å². The van der Waals surface area contributed by atoms with Gasteiger partial charge in [-0.05, 0) is 5.56 Å². The molecule has 2 unspecified atom stereocenters. The fourth-order valence-electron chi connectivity index (χ4n) is 3.44. The lowest BCUT2D eigenvalue weighted by atomic mass is 9.97. The summed E-state index contributed by atoms with van der Waals surface area (Å²) in [5.74, 6) is 0. The summed E-state index contributed by atoms with van der Waals surface area (Å²) in [5, 5.41) is 20.9. The van der Waals surface area contributed by atoms with Gasteiger partial charge in [0, 0.05) is 7.05 Å². The minimum atomic E-state index is -5.77. The van der Waals surface area contributed by atoms with Gasteiger partial charge in [-0.25, -0.2) is 18.5 Å². The minimum absolute atomic E-state index is 0.0501. The Morgan fingerprint density at radius 3 is 2.17 bits per heavy atom. The maximum atomic E-state index is 12.7. The van der Waals surface area contributed by atoms with Gasteiger partial charge in [-0.3, -0.25) is 18.9 Å². The fourth-order valence-corrected chi connectivity index (χ4v) is 6.47. The van der Waals surface area contributed by atoms with E-state index in [1.54, 1.807) is 30.3 Å². The van der Waals surface area contributed by atoms with Crippen LogP contribution in [0.5, 0.6) is 0 Å². The third kappa shape index (κ3) is 6.73. The normalized spacial score (nSPS) is 25.9. The van der Waals surface area contributed by atoms with Gasteiger partial charge in [0.05, 0.1) is 17.9 Å². The van der Waals surface area contributed by atoms with E-state index in [-0.39, 0.29) is 11.3 Å². The lowest BCUT2D eigenvalue weighted by Crippen LogP contribution is -2.37. The molecule has 1 aliphatic rings. The molecule has 0 bridgehead atoms. The van der Waals surface area contributed by atoms with Crippen LogP contribution in [-0.2, 0) is 38.6 Å². The Morgan fingerprint density at radius 2 is 1.58 bits per heavy atom. The maximum absolute atomic E-state index is 12.7. The maximum Gasteiger partial charge on any atom is 0.490 e. The minimum Gasteiger partial charge on any atom is -0.387 e. The summed E-state index contributed by atoms with van der Waals surface area (Å²) < 4.78 is 52.2. The number of phosphoric acid groups is 3. The first-order valence-corrected chi connectivity index (χ1v) is 14.2. The number of aromatic nitrogens is 2. The second-order valence-electron chi connectivity index (χ2n) is 7.41. The van der Waals surface area contributed by atoms with Gasteiger partial charge in [-0.15, -0.1) is 0 Å². The molecule has 0 spiro atoms. The van der Waals surface area contributed by atoms with Crippen molar-refractivity contribution < 1.29 is 61.4 Å². The van der Waals surface area contributed by atoms with Gasteiger partial charge in [0.25, 0.3) is 5.56 Å². The molecule has 2 aromatic rings. The molecule has 1 aliphatic heterocycles. The first-order chi connectivity index (χ1) is 16.5. The number of hydrogen-bond donors (Lipinski definition) is 7. The van der Waals surface area contributed by atoms with Crippen LogP contribution in [0.25, 0.3) is 11.3 Å². The van der Waals surface area contributed by atoms with Crippen molar-refractivity contribution in [3.63, 3.8) is 0 Å². The molecule has 0 amide bonds. The molecular formula is C16H21N2O15P3. The zero-order valence-electron chi connectivity index (χ0n) is 18.0. The molecule has 17 nitrogen and oxygen atoms in total. The van der Waals surface area contributed by atoms with E-state index >= 15 is 0 Å². The molecule has 3 rings (SSSR count). The van der Waals surface area contributed by atoms with Crippen LogP contribution in [0.2, 0.25) is 0 Å². The molecule has 2 heterocycles. The van der Waals surface area contributed by atoms with Crippen LogP contribution >= 0.6 is 23.5 Å². The highest BCUT2D eigenvalue weighted by Gasteiger charge is 2.48. The number of phosphoric ester groups is 1. The largest absolute Gasteiger partial charge is 0.490 e. The summed E-state index contributed by atoms with van der Waals surface area (Å²) in [7, 11) is -15.6. The second-order valence-corrected chi connectivity index (χ2v) is 11.8. The van der Waals surface area contributed by atoms with Gasteiger partial charge < -0.3 is 34.5 Å². The Labute approximate surface area is 201 Å². The summed E-state index contributed by atoms with van der Waals surface area (Å²) in [6.45, 7) is -1.07. The number of nitrogens with one attached hydrogen (secondary N) is 1. The van der Waals surface area contributed by atoms with E-state index in [4.69, 9.17) is 14.5 Å². The van der Waals surface area contributed by atoms with Crippen molar-refractivity contribution in [1.82, 2.24) is 9.55 Å². The summed E-state index contributed by atoms with van der Waals surface area (Å²) in [5.41, 5.74) is -1.54. The van der Waals surface area contributed by atoms with Crippen LogP contribution in [0.1, 0.15) is 11.7 Å². The van der Waals surface area contributed by atoms with Crippen molar-refractivity contribution in [1.29, 1.82) is 0 Å². The molecule has 7 N–H and O–H groups in total. The van der Waals surface area contributed by atoms with Crippen molar-refractivity contribution in [2.75, 3.05) is 6.61 Å². The lowest BCUT2D eigenvalue weighted by Gasteiger charge is -2.20. The third-order valence-corrected chi connectivity index (χ3v) is 8.67. The molecule has 1 aromatic heterocycles. The average Bonchev–Trinajstić information content (AvgIpc) is 3.01. The molecule has 1 saturated heterocycles. The van der Waals surface area contributed by atoms with E-state index in [1.807, 2.05) is 0 Å². The average molecular weight is 574 g/mol. The summed E-state index contributed by atoms with van der Waals surface area (Å²) >= 11 is 0. The third-order valence-electron chi connectivity index (χ3n) is 4.87. The van der Waals surface area contributed by atoms with Gasteiger partial charge >= 0.3 is 29.2 Å². The molecule has 6 atom stereocenters. The van der Waals surface area contributed by atoms with Crippen molar-refractivity contribution >= 4 is 23.5 Å². The highest BCUT2D eigenvalue weighted by Crippen LogP contribution is 2.66. The number of nitrogens with zero attached hydrogens (tertiary/aromatic N) is 1. The van der Waals surface area contributed by atoms with E-state index < -0.39 is 65.7 Å². The number of ether oxygens (including phenoxy) is 1. The predicted octanol–water partition coefficient (Wildman–Crippen LogP) is -0.754. The zero-order chi connectivity index (χ0) is 27.1. The van der Waals surface area contributed by atoms with Gasteiger partial charge in [-0.2, -0.15) is 8.62 Å². The number of aliphatic hydroxyl groups excluding tert-OH is 2. The topological polar surface area (TPSA) is 264 Å². The molecule has 0 saturated carbocycles. The van der Waals surface area contributed by atoms with Crippen molar-refractivity contribution in [3.05, 3.63) is 56.7 Å². The van der Waals surface area contributed by atoms with E-state index in [0.717, 1.165) is 4.57 Å². The zero-order valence-corrected chi connectivity index (χ0v) is 20.7. The SMILES string of the molecule is Cn1c(-c2ccccc2)c([C@@H]2O[C@H](COP(=O)(O)OP(=O)(O)OP(=O)(O)O)[C@@H](O)[C@H]2O)c(=O)[nH]c1=O. The van der Waals surface area contributed by atoms with Crippen LogP contribution in [0.3, 0.4) is 0 Å². The van der Waals surface area contributed by atoms with Crippen molar-refractivity contribution in [2.24, 2.45) is 7.05 Å². The second kappa shape index (κ2) is 10.5. The number of H-pyrrole nitrogens is 1. The van der Waals surface area contributed by atoms with E-state index in [0.29, 0.717) is 5.56 Å². The Bertz CT molecular complexity index is 1370. The van der Waals surface area contributed by atoms with Gasteiger partial charge in [-0.1, -0.05) is 30.3 Å². The van der Waals surface area contributed by atoms with Crippen LogP contribution in [-0.4, -0.2) is 64.3 Å². The highest BCUT2D eigenvalue weighted by molar-refractivity contribution is 7.66. The number of rotatable bonds is 9. The predicted molar refractivity (Wildman–Crippen MR) is 117 cm³/mol. The van der Waals surface area contributed by atoms with Crippen molar-refractivity contribution in [2.45, 2.75) is 24.4 Å². The van der Waals surface area contributed by atoms with Crippen LogP contribution in [0.15, 0.2) is 39.9 Å². The Kier molecular flexibility index (Phi) is 8.40. The number of benzene rings is 1. The molecule has 1 fully saturated rings. The fraction of sp³-hybridized carbons (Fsp3) is 0.375. The molecule has 200 valence electrons. The van der Waals surface area contributed by atoms with E-state index in [9.17, 15) is 43.3 Å². The number of hydrogen-bond acceptors (Lipinski definition) is 11. The monoisotopic (exact) mass is 574 g/mol.